The highest BCUT2D eigenvalue weighted by Crippen LogP contribution is 2.40. The summed E-state index contributed by atoms with van der Waals surface area (Å²) in [4.78, 5) is 5.09. The molecule has 0 fully saturated rings. The fourth-order valence-electron chi connectivity index (χ4n) is 2.02. The molecule has 0 amide bonds. The number of nitrogens with zero attached hydrogens (tertiary/aromatic N) is 1. The molecule has 3 nitrogen and oxygen atoms in total. The van der Waals surface area contributed by atoms with Crippen LogP contribution < -0.4 is 5.73 Å². The summed E-state index contributed by atoms with van der Waals surface area (Å²) in [6.45, 7) is 0. The molecular weight excluding hydrogens is 356 g/mol. The van der Waals surface area contributed by atoms with Gasteiger partial charge >= 0.3 is 0 Å². The van der Waals surface area contributed by atoms with Crippen LogP contribution in [-0.4, -0.2) is 17.1 Å². The predicted octanol–water partition coefficient (Wildman–Crippen LogP) is 4.82. The molecule has 0 radical (unpaired) electrons. The molecule has 0 spiro atoms. The van der Waals surface area contributed by atoms with Crippen LogP contribution in [0, 0.1) is 17.0 Å². The number of hydrogen-bond donors (Lipinski definition) is 2. The standard InChI is InChI=1S/C15H11F2N3S3/c1-21-15-9(5-12(23-15)13(18)19)14-20-11(6-22-14)8-4-7(16)2-3-10(8)17/h2-6H,1H3,(H3,18,19). The maximum Gasteiger partial charge on any atom is 0.133 e. The summed E-state index contributed by atoms with van der Waals surface area (Å²) in [7, 11) is 0. The number of nitrogen functional groups attached to an aromatic ring is 1. The van der Waals surface area contributed by atoms with Crippen LogP contribution in [0.2, 0.25) is 0 Å². The maximum absolute atomic E-state index is 13.9. The molecule has 0 saturated heterocycles. The molecule has 1 aromatic carbocycles. The predicted molar refractivity (Wildman–Crippen MR) is 93.6 cm³/mol. The third-order valence-electron chi connectivity index (χ3n) is 3.09. The minimum Gasteiger partial charge on any atom is -0.383 e. The maximum atomic E-state index is 13.9. The second-order valence-corrected chi connectivity index (χ2v) is 7.58. The Morgan fingerprint density at radius 1 is 1.26 bits per heavy atom. The summed E-state index contributed by atoms with van der Waals surface area (Å²) in [5, 5.41) is 9.93. The number of amidine groups is 1. The SMILES string of the molecule is CSc1sc(C(=N)N)cc1-c1nc(-c2cc(F)ccc2F)cs1. The molecule has 2 heterocycles. The van der Waals surface area contributed by atoms with Crippen molar-refractivity contribution in [1.29, 1.82) is 5.41 Å². The molecular formula is C15H11F2N3S3. The lowest BCUT2D eigenvalue weighted by atomic mass is 10.1. The molecule has 3 rings (SSSR count). The highest BCUT2D eigenvalue weighted by atomic mass is 32.2. The Kier molecular flexibility index (Phi) is 4.47. The Balaban J connectivity index is 2.05. The van der Waals surface area contributed by atoms with Gasteiger partial charge in [0.1, 0.15) is 22.5 Å². The van der Waals surface area contributed by atoms with Gasteiger partial charge in [-0.25, -0.2) is 13.8 Å². The molecule has 0 atom stereocenters. The van der Waals surface area contributed by atoms with E-state index in [0.717, 1.165) is 28.0 Å². The molecule has 0 aliphatic heterocycles. The van der Waals surface area contributed by atoms with Crippen LogP contribution in [0.4, 0.5) is 8.78 Å². The Labute approximate surface area is 143 Å². The minimum atomic E-state index is -0.511. The van der Waals surface area contributed by atoms with Gasteiger partial charge in [-0.05, 0) is 30.5 Å². The Morgan fingerprint density at radius 3 is 2.74 bits per heavy atom. The third-order valence-corrected chi connectivity index (χ3v) is 6.27. The smallest absolute Gasteiger partial charge is 0.133 e. The lowest BCUT2D eigenvalue weighted by molar-refractivity contribution is 0.603. The fraction of sp³-hybridized carbons (Fsp3) is 0.0667. The number of thiazole rings is 1. The van der Waals surface area contributed by atoms with Crippen molar-refractivity contribution in [3.63, 3.8) is 0 Å². The fourth-order valence-corrected chi connectivity index (χ4v) is 4.72. The second-order valence-electron chi connectivity index (χ2n) is 4.59. The largest absolute Gasteiger partial charge is 0.383 e. The van der Waals surface area contributed by atoms with Gasteiger partial charge in [0.2, 0.25) is 0 Å². The van der Waals surface area contributed by atoms with Crippen LogP contribution in [0.25, 0.3) is 21.8 Å². The molecule has 0 aliphatic rings. The van der Waals surface area contributed by atoms with E-state index in [2.05, 4.69) is 4.98 Å². The number of thiophene rings is 1. The van der Waals surface area contributed by atoms with Crippen molar-refractivity contribution < 1.29 is 8.78 Å². The number of hydrogen-bond acceptors (Lipinski definition) is 5. The van der Waals surface area contributed by atoms with Gasteiger partial charge in [-0.1, -0.05) is 0 Å². The van der Waals surface area contributed by atoms with Crippen LogP contribution in [-0.2, 0) is 0 Å². The van der Waals surface area contributed by atoms with Crippen LogP contribution in [0.3, 0.4) is 0 Å². The molecule has 0 saturated carbocycles. The van der Waals surface area contributed by atoms with E-state index in [-0.39, 0.29) is 11.4 Å². The van der Waals surface area contributed by atoms with Crippen molar-refractivity contribution in [2.24, 2.45) is 5.73 Å². The van der Waals surface area contributed by atoms with Crippen molar-refractivity contribution in [3.8, 4) is 21.8 Å². The first-order valence-electron chi connectivity index (χ1n) is 6.43. The lowest BCUT2D eigenvalue weighted by Crippen LogP contribution is -2.08. The van der Waals surface area contributed by atoms with Gasteiger partial charge < -0.3 is 5.73 Å². The molecule has 118 valence electrons. The summed E-state index contributed by atoms with van der Waals surface area (Å²) in [6, 6.07) is 5.12. The number of nitrogens with two attached hydrogens (primary N) is 1. The van der Waals surface area contributed by atoms with Gasteiger partial charge in [-0.15, -0.1) is 34.4 Å². The molecule has 8 heteroatoms. The van der Waals surface area contributed by atoms with E-state index in [4.69, 9.17) is 11.1 Å². The number of rotatable bonds is 4. The molecule has 3 N–H and O–H groups in total. The topological polar surface area (TPSA) is 62.8 Å². The van der Waals surface area contributed by atoms with Crippen LogP contribution in [0.5, 0.6) is 0 Å². The van der Waals surface area contributed by atoms with Gasteiger partial charge in [0.25, 0.3) is 0 Å². The summed E-state index contributed by atoms with van der Waals surface area (Å²) in [6.07, 6.45) is 1.93. The van der Waals surface area contributed by atoms with E-state index in [1.807, 2.05) is 12.3 Å². The zero-order chi connectivity index (χ0) is 16.6. The van der Waals surface area contributed by atoms with Crippen LogP contribution >= 0.6 is 34.4 Å². The van der Waals surface area contributed by atoms with Crippen molar-refractivity contribution in [1.82, 2.24) is 4.98 Å². The van der Waals surface area contributed by atoms with Crippen LogP contribution in [0.15, 0.2) is 33.9 Å². The van der Waals surface area contributed by atoms with Gasteiger partial charge in [-0.3, -0.25) is 5.41 Å². The highest BCUT2D eigenvalue weighted by molar-refractivity contribution is 8.00. The number of thioether (sulfide) groups is 1. The number of halogens is 2. The molecule has 23 heavy (non-hydrogen) atoms. The summed E-state index contributed by atoms with van der Waals surface area (Å²) >= 11 is 4.31. The summed E-state index contributed by atoms with van der Waals surface area (Å²) in [5.74, 6) is -1.01. The van der Waals surface area contributed by atoms with E-state index in [9.17, 15) is 8.78 Å². The molecule has 2 aromatic heterocycles. The van der Waals surface area contributed by atoms with Gasteiger partial charge in [0, 0.05) is 16.5 Å². The number of benzene rings is 1. The molecule has 0 unspecified atom stereocenters. The molecule has 0 bridgehead atoms. The Bertz CT molecular complexity index is 886. The highest BCUT2D eigenvalue weighted by Gasteiger charge is 2.17. The van der Waals surface area contributed by atoms with E-state index in [1.54, 1.807) is 5.38 Å². The number of nitrogens with one attached hydrogen (secondary N) is 1. The van der Waals surface area contributed by atoms with Crippen molar-refractivity contribution >= 4 is 40.3 Å². The Morgan fingerprint density at radius 2 is 2.04 bits per heavy atom. The Hall–Kier alpha value is -1.77. The zero-order valence-electron chi connectivity index (χ0n) is 11.9. The van der Waals surface area contributed by atoms with E-state index in [1.165, 1.54) is 34.4 Å². The minimum absolute atomic E-state index is 0.00417. The zero-order valence-corrected chi connectivity index (χ0v) is 14.3. The molecule has 3 aromatic rings. The van der Waals surface area contributed by atoms with Crippen molar-refractivity contribution in [3.05, 3.63) is 46.2 Å². The first kappa shape index (κ1) is 16.1. The van der Waals surface area contributed by atoms with Gasteiger partial charge in [0.15, 0.2) is 0 Å². The lowest BCUT2D eigenvalue weighted by Gasteiger charge is -1.99. The first-order valence-corrected chi connectivity index (χ1v) is 9.35. The molecule has 0 aliphatic carbocycles. The van der Waals surface area contributed by atoms with E-state index >= 15 is 0 Å². The van der Waals surface area contributed by atoms with Gasteiger partial charge in [0.05, 0.1) is 14.8 Å². The number of aromatic nitrogens is 1. The summed E-state index contributed by atoms with van der Waals surface area (Å²) < 4.78 is 28.2. The van der Waals surface area contributed by atoms with Crippen molar-refractivity contribution in [2.75, 3.05) is 6.26 Å². The average Bonchev–Trinajstić information content (AvgIpc) is 3.15. The van der Waals surface area contributed by atoms with Crippen molar-refractivity contribution in [2.45, 2.75) is 4.21 Å². The van der Waals surface area contributed by atoms with E-state index < -0.39 is 11.6 Å². The first-order chi connectivity index (χ1) is 11.0. The van der Waals surface area contributed by atoms with Gasteiger partial charge in [-0.2, -0.15) is 0 Å². The summed E-state index contributed by atoms with van der Waals surface area (Å²) in [5.41, 5.74) is 6.93. The van der Waals surface area contributed by atoms with Crippen LogP contribution in [0.1, 0.15) is 4.88 Å². The second kappa shape index (κ2) is 6.38. The van der Waals surface area contributed by atoms with E-state index in [0.29, 0.717) is 15.6 Å². The normalized spacial score (nSPS) is 10.9. The quantitative estimate of drug-likeness (QED) is 0.395. The average molecular weight is 367 g/mol. The third kappa shape index (κ3) is 3.15. The monoisotopic (exact) mass is 367 g/mol.